The Kier molecular flexibility index (Phi) is 10.2. The number of carboxylic acids is 1. The van der Waals surface area contributed by atoms with E-state index in [0.717, 1.165) is 35.1 Å². The number of unbranched alkanes of at least 4 members (excludes halogenated alkanes) is 1. The maximum absolute atomic E-state index is 12.8. The number of tetrazole rings is 1. The molecular weight excluding hydrogens is 429 g/mol. The topological polar surface area (TPSA) is 115 Å². The van der Waals surface area contributed by atoms with Crippen LogP contribution in [0.25, 0.3) is 22.5 Å². The molecule has 0 saturated carbocycles. The largest absolute Gasteiger partial charge is 1.00 e. The molecule has 2 aromatic carbocycles. The predicted molar refractivity (Wildman–Crippen MR) is 119 cm³/mol. The SMILES string of the molecule is CCCCC(=O)N(Cc1ccc(-c2ccccc2-c2nnn[nH]2)cc1)[C@H](C(=O)[O-])C(C)C.[Na+]. The molecule has 0 spiro atoms. The Hall–Kier alpha value is -2.55. The van der Waals surface area contributed by atoms with Crippen LogP contribution in [0.15, 0.2) is 48.5 Å². The van der Waals surface area contributed by atoms with Crippen LogP contribution in [0, 0.1) is 5.92 Å². The molecule has 3 aromatic rings. The van der Waals surface area contributed by atoms with Crippen LogP contribution in [-0.2, 0) is 16.1 Å². The second kappa shape index (κ2) is 12.6. The van der Waals surface area contributed by atoms with E-state index in [9.17, 15) is 14.7 Å². The van der Waals surface area contributed by atoms with Gasteiger partial charge in [-0.3, -0.25) is 4.79 Å². The van der Waals surface area contributed by atoms with Gasteiger partial charge in [0.2, 0.25) is 5.91 Å². The number of amides is 1. The number of benzene rings is 2. The number of carbonyl (C=O) groups is 2. The Morgan fingerprint density at radius 2 is 1.73 bits per heavy atom. The van der Waals surface area contributed by atoms with Crippen LogP contribution in [0.3, 0.4) is 0 Å². The molecule has 0 fully saturated rings. The summed E-state index contributed by atoms with van der Waals surface area (Å²) < 4.78 is 0. The molecule has 33 heavy (non-hydrogen) atoms. The van der Waals surface area contributed by atoms with Crippen LogP contribution in [0.5, 0.6) is 0 Å². The fourth-order valence-electron chi connectivity index (χ4n) is 3.77. The molecule has 0 bridgehead atoms. The normalized spacial score (nSPS) is 11.6. The molecule has 0 radical (unpaired) electrons. The first kappa shape index (κ1) is 26.7. The van der Waals surface area contributed by atoms with Crippen molar-refractivity contribution >= 4 is 11.9 Å². The standard InChI is InChI=1S/C24H29N5O3.Na/c1-4-5-10-21(30)29(22(16(2)3)24(31)32)15-17-11-13-18(14-12-17)19-8-6-7-9-20(19)23-25-27-28-26-23;/h6-9,11-14,16,22H,4-5,10,15H2,1-3H3,(H,31,32)(H,25,26,27,28);/q;+1/p-1/t22-;/m0./s1. The first-order valence-electron chi connectivity index (χ1n) is 10.8. The van der Waals surface area contributed by atoms with E-state index >= 15 is 0 Å². The number of hydrogen-bond donors (Lipinski definition) is 1. The van der Waals surface area contributed by atoms with Gasteiger partial charge in [-0.05, 0) is 39.5 Å². The first-order chi connectivity index (χ1) is 15.4. The third-order valence-electron chi connectivity index (χ3n) is 5.42. The van der Waals surface area contributed by atoms with Crippen molar-refractivity contribution in [3.63, 3.8) is 0 Å². The first-order valence-corrected chi connectivity index (χ1v) is 10.8. The summed E-state index contributed by atoms with van der Waals surface area (Å²) in [7, 11) is 0. The Balaban J connectivity index is 0.00000385. The van der Waals surface area contributed by atoms with E-state index in [-0.39, 0.29) is 47.9 Å². The van der Waals surface area contributed by atoms with Crippen LogP contribution in [0.1, 0.15) is 45.6 Å². The number of carboxylic acid groups (broad SMARTS) is 1. The zero-order valence-corrected chi connectivity index (χ0v) is 21.6. The summed E-state index contributed by atoms with van der Waals surface area (Å²) in [6.45, 7) is 5.80. The van der Waals surface area contributed by atoms with Crippen molar-refractivity contribution in [2.24, 2.45) is 5.92 Å². The third-order valence-corrected chi connectivity index (χ3v) is 5.42. The number of carbonyl (C=O) groups excluding carboxylic acids is 2. The molecule has 0 aliphatic rings. The van der Waals surface area contributed by atoms with Crippen molar-refractivity contribution in [3.05, 3.63) is 54.1 Å². The van der Waals surface area contributed by atoms with Gasteiger partial charge in [-0.2, -0.15) is 0 Å². The molecule has 0 saturated heterocycles. The van der Waals surface area contributed by atoms with Crippen molar-refractivity contribution < 1.29 is 44.3 Å². The summed E-state index contributed by atoms with van der Waals surface area (Å²) in [5.41, 5.74) is 3.65. The van der Waals surface area contributed by atoms with E-state index in [2.05, 4.69) is 20.6 Å². The smallest absolute Gasteiger partial charge is 0.548 e. The van der Waals surface area contributed by atoms with Crippen LogP contribution in [-0.4, -0.2) is 43.4 Å². The molecular formula is C24H28N5NaO3. The number of nitrogens with one attached hydrogen (secondary N) is 1. The van der Waals surface area contributed by atoms with Gasteiger partial charge in [0.1, 0.15) is 0 Å². The van der Waals surface area contributed by atoms with E-state index < -0.39 is 12.0 Å². The van der Waals surface area contributed by atoms with Gasteiger partial charge in [-0.25, -0.2) is 5.10 Å². The van der Waals surface area contributed by atoms with Crippen LogP contribution in [0.4, 0.5) is 0 Å². The van der Waals surface area contributed by atoms with Crippen LogP contribution >= 0.6 is 0 Å². The molecule has 1 atom stereocenters. The molecule has 1 N–H and O–H groups in total. The Morgan fingerprint density at radius 3 is 2.27 bits per heavy atom. The zero-order chi connectivity index (χ0) is 23.1. The van der Waals surface area contributed by atoms with E-state index in [1.165, 1.54) is 4.90 Å². The van der Waals surface area contributed by atoms with Gasteiger partial charge >= 0.3 is 29.6 Å². The number of aromatic nitrogens is 4. The minimum absolute atomic E-state index is 0. The van der Waals surface area contributed by atoms with Gasteiger partial charge in [0.05, 0.1) is 12.0 Å². The molecule has 1 aromatic heterocycles. The third kappa shape index (κ3) is 6.72. The quantitative estimate of drug-likeness (QED) is 0.423. The monoisotopic (exact) mass is 457 g/mol. The minimum Gasteiger partial charge on any atom is -0.548 e. The minimum atomic E-state index is -1.23. The van der Waals surface area contributed by atoms with E-state index in [4.69, 9.17) is 0 Å². The number of hydrogen-bond acceptors (Lipinski definition) is 6. The van der Waals surface area contributed by atoms with E-state index in [0.29, 0.717) is 12.2 Å². The molecule has 3 rings (SSSR count). The molecule has 0 aliphatic heterocycles. The predicted octanol–water partition coefficient (Wildman–Crippen LogP) is -0.169. The summed E-state index contributed by atoms with van der Waals surface area (Å²) in [6.07, 6.45) is 1.91. The number of H-pyrrole nitrogens is 1. The summed E-state index contributed by atoms with van der Waals surface area (Å²) >= 11 is 0. The molecule has 1 amide bonds. The number of aliphatic carboxylic acids is 1. The molecule has 9 heteroatoms. The fraction of sp³-hybridized carbons (Fsp3) is 0.375. The summed E-state index contributed by atoms with van der Waals surface area (Å²) in [6, 6.07) is 14.5. The average molecular weight is 458 g/mol. The van der Waals surface area contributed by atoms with Crippen molar-refractivity contribution in [1.82, 2.24) is 25.5 Å². The van der Waals surface area contributed by atoms with E-state index in [1.807, 2.05) is 55.5 Å². The summed E-state index contributed by atoms with van der Waals surface area (Å²) in [5, 5.41) is 25.9. The average Bonchev–Trinajstić information content (AvgIpc) is 3.32. The van der Waals surface area contributed by atoms with E-state index in [1.54, 1.807) is 13.8 Å². The summed E-state index contributed by atoms with van der Waals surface area (Å²) in [4.78, 5) is 26.1. The molecule has 0 unspecified atom stereocenters. The molecule has 0 aliphatic carbocycles. The van der Waals surface area contributed by atoms with Gasteiger partial charge in [0.15, 0.2) is 5.82 Å². The van der Waals surface area contributed by atoms with Crippen molar-refractivity contribution in [1.29, 1.82) is 0 Å². The molecule has 168 valence electrons. The number of aromatic amines is 1. The maximum atomic E-state index is 12.8. The maximum Gasteiger partial charge on any atom is 1.00 e. The van der Waals surface area contributed by atoms with Gasteiger partial charge in [-0.1, -0.05) is 75.7 Å². The number of rotatable bonds is 10. The zero-order valence-electron chi connectivity index (χ0n) is 19.6. The number of nitrogens with zero attached hydrogens (tertiary/aromatic N) is 4. The second-order valence-electron chi connectivity index (χ2n) is 8.13. The van der Waals surface area contributed by atoms with Crippen molar-refractivity contribution in [2.45, 2.75) is 52.6 Å². The second-order valence-corrected chi connectivity index (χ2v) is 8.13. The van der Waals surface area contributed by atoms with Crippen molar-refractivity contribution in [3.8, 4) is 22.5 Å². The van der Waals surface area contributed by atoms with Crippen LogP contribution in [0.2, 0.25) is 0 Å². The Labute approximate surface area is 216 Å². The van der Waals surface area contributed by atoms with Crippen LogP contribution < -0.4 is 34.7 Å². The fourth-order valence-corrected chi connectivity index (χ4v) is 3.77. The van der Waals surface area contributed by atoms with Gasteiger partial charge in [-0.15, -0.1) is 5.10 Å². The van der Waals surface area contributed by atoms with Crippen molar-refractivity contribution in [2.75, 3.05) is 0 Å². The summed E-state index contributed by atoms with van der Waals surface area (Å²) in [5.74, 6) is -1.07. The molecule has 8 nitrogen and oxygen atoms in total. The van der Waals surface area contributed by atoms with Gasteiger partial charge < -0.3 is 14.8 Å². The Morgan fingerprint density at radius 1 is 1.06 bits per heavy atom. The Bertz CT molecular complexity index is 1040. The van der Waals surface area contributed by atoms with Gasteiger partial charge in [0.25, 0.3) is 0 Å². The molecule has 1 heterocycles. The van der Waals surface area contributed by atoms with Gasteiger partial charge in [0, 0.05) is 18.5 Å².